The van der Waals surface area contributed by atoms with Crippen molar-refractivity contribution in [2.45, 2.75) is 18.9 Å². The van der Waals surface area contributed by atoms with Crippen molar-refractivity contribution < 1.29 is 14.7 Å². The number of hydrogen-bond donors (Lipinski definition) is 2. The fourth-order valence-electron chi connectivity index (χ4n) is 2.72. The average Bonchev–Trinajstić information content (AvgIpc) is 2.90. The number of amides is 1. The number of aryl methyl sites for hydroxylation is 1. The van der Waals surface area contributed by atoms with Gasteiger partial charge in [0.25, 0.3) is 5.91 Å². The second-order valence-corrected chi connectivity index (χ2v) is 5.15. The van der Waals surface area contributed by atoms with Crippen LogP contribution >= 0.6 is 0 Å². The molecule has 4 nitrogen and oxygen atoms in total. The summed E-state index contributed by atoms with van der Waals surface area (Å²) in [7, 11) is 0. The van der Waals surface area contributed by atoms with Crippen LogP contribution in [0.25, 0.3) is 0 Å². The number of carboxylic acid groups (broad SMARTS) is 1. The molecule has 0 radical (unpaired) electrons. The van der Waals surface area contributed by atoms with E-state index >= 15 is 0 Å². The number of benzene rings is 2. The van der Waals surface area contributed by atoms with Crippen LogP contribution in [0.2, 0.25) is 0 Å². The van der Waals surface area contributed by atoms with Gasteiger partial charge in [0, 0.05) is 5.56 Å². The molecule has 0 unspecified atom stereocenters. The van der Waals surface area contributed by atoms with Gasteiger partial charge >= 0.3 is 5.97 Å². The smallest absolute Gasteiger partial charge is 0.335 e. The highest BCUT2D eigenvalue weighted by Gasteiger charge is 2.25. The van der Waals surface area contributed by atoms with E-state index < -0.39 is 5.97 Å². The van der Waals surface area contributed by atoms with E-state index in [2.05, 4.69) is 5.32 Å². The summed E-state index contributed by atoms with van der Waals surface area (Å²) < 4.78 is 0. The van der Waals surface area contributed by atoms with Crippen LogP contribution in [0.3, 0.4) is 0 Å². The Morgan fingerprint density at radius 3 is 2.52 bits per heavy atom. The Bertz CT molecular complexity index is 694. The highest BCUT2D eigenvalue weighted by molar-refractivity contribution is 5.94. The second-order valence-electron chi connectivity index (χ2n) is 5.15. The summed E-state index contributed by atoms with van der Waals surface area (Å²) in [5, 5.41) is 12.1. The third-order valence-electron chi connectivity index (χ3n) is 3.81. The van der Waals surface area contributed by atoms with E-state index in [0.717, 1.165) is 24.0 Å². The Kier molecular flexibility index (Phi) is 3.44. The maximum atomic E-state index is 12.2. The monoisotopic (exact) mass is 281 g/mol. The van der Waals surface area contributed by atoms with Crippen molar-refractivity contribution in [1.29, 1.82) is 0 Å². The lowest BCUT2D eigenvalue weighted by Crippen LogP contribution is -2.27. The molecule has 2 aromatic rings. The first-order valence-corrected chi connectivity index (χ1v) is 6.87. The highest BCUT2D eigenvalue weighted by Crippen LogP contribution is 2.32. The van der Waals surface area contributed by atoms with Gasteiger partial charge < -0.3 is 10.4 Å². The topological polar surface area (TPSA) is 66.4 Å². The van der Waals surface area contributed by atoms with Gasteiger partial charge in [-0.05, 0) is 48.2 Å². The first-order valence-electron chi connectivity index (χ1n) is 6.87. The Hall–Kier alpha value is -2.62. The van der Waals surface area contributed by atoms with Crippen LogP contribution in [-0.4, -0.2) is 17.0 Å². The van der Waals surface area contributed by atoms with E-state index in [-0.39, 0.29) is 17.5 Å². The summed E-state index contributed by atoms with van der Waals surface area (Å²) in [5.74, 6) is -1.08. The van der Waals surface area contributed by atoms with Gasteiger partial charge in [-0.2, -0.15) is 0 Å². The van der Waals surface area contributed by atoms with Gasteiger partial charge in [-0.25, -0.2) is 4.79 Å². The van der Waals surface area contributed by atoms with Crippen LogP contribution in [0.4, 0.5) is 0 Å². The lowest BCUT2D eigenvalue weighted by molar-refractivity contribution is 0.0696. The Labute approximate surface area is 122 Å². The van der Waals surface area contributed by atoms with E-state index in [4.69, 9.17) is 5.11 Å². The number of hydrogen-bond acceptors (Lipinski definition) is 2. The first-order chi connectivity index (χ1) is 10.1. The van der Waals surface area contributed by atoms with Crippen molar-refractivity contribution in [3.63, 3.8) is 0 Å². The maximum absolute atomic E-state index is 12.2. The van der Waals surface area contributed by atoms with E-state index in [1.54, 1.807) is 24.3 Å². The molecule has 106 valence electrons. The van der Waals surface area contributed by atoms with Crippen molar-refractivity contribution in [3.8, 4) is 0 Å². The van der Waals surface area contributed by atoms with Crippen LogP contribution in [0.5, 0.6) is 0 Å². The average molecular weight is 281 g/mol. The number of carbonyl (C=O) groups excluding carboxylic acids is 1. The molecule has 1 amide bonds. The fourth-order valence-corrected chi connectivity index (χ4v) is 2.72. The molecular formula is C17H15NO3. The maximum Gasteiger partial charge on any atom is 0.335 e. The summed E-state index contributed by atoms with van der Waals surface area (Å²) in [6.07, 6.45) is 1.66. The van der Waals surface area contributed by atoms with Gasteiger partial charge in [0.15, 0.2) is 0 Å². The van der Waals surface area contributed by atoms with Crippen LogP contribution in [0.15, 0.2) is 48.5 Å². The van der Waals surface area contributed by atoms with Crippen molar-refractivity contribution in [2.75, 3.05) is 0 Å². The zero-order valence-electron chi connectivity index (χ0n) is 11.4. The number of carboxylic acids is 1. The number of nitrogens with one attached hydrogen (secondary N) is 1. The quantitative estimate of drug-likeness (QED) is 0.909. The lowest BCUT2D eigenvalue weighted by Gasteiger charge is -2.14. The van der Waals surface area contributed by atoms with Crippen LogP contribution in [0.1, 0.15) is 44.3 Å². The molecule has 0 spiro atoms. The molecular weight excluding hydrogens is 266 g/mol. The predicted octanol–water partition coefficient (Wildman–Crippen LogP) is 2.80. The summed E-state index contributed by atoms with van der Waals surface area (Å²) >= 11 is 0. The highest BCUT2D eigenvalue weighted by atomic mass is 16.4. The molecule has 0 aliphatic heterocycles. The molecule has 1 aliphatic carbocycles. The number of aromatic carboxylic acids is 1. The van der Waals surface area contributed by atoms with Gasteiger partial charge in [-0.1, -0.05) is 24.3 Å². The van der Waals surface area contributed by atoms with Gasteiger partial charge in [-0.15, -0.1) is 0 Å². The Morgan fingerprint density at radius 2 is 1.81 bits per heavy atom. The van der Waals surface area contributed by atoms with Crippen molar-refractivity contribution in [2.24, 2.45) is 0 Å². The molecule has 1 atom stereocenters. The molecule has 0 aromatic heterocycles. The molecule has 0 bridgehead atoms. The number of carbonyl (C=O) groups is 2. The minimum atomic E-state index is -0.946. The lowest BCUT2D eigenvalue weighted by atomic mass is 10.0. The molecule has 2 aromatic carbocycles. The van der Waals surface area contributed by atoms with E-state index in [1.807, 2.05) is 24.3 Å². The first kappa shape index (κ1) is 13.4. The van der Waals surface area contributed by atoms with Crippen LogP contribution in [-0.2, 0) is 6.42 Å². The Morgan fingerprint density at radius 1 is 1.05 bits per heavy atom. The molecule has 1 aliphatic rings. The normalized spacial score (nSPS) is 16.3. The molecule has 0 heterocycles. The molecule has 21 heavy (non-hydrogen) atoms. The van der Waals surface area contributed by atoms with E-state index in [9.17, 15) is 9.59 Å². The van der Waals surface area contributed by atoms with Gasteiger partial charge in [0.2, 0.25) is 0 Å². The summed E-state index contributed by atoms with van der Waals surface area (Å²) in [6.45, 7) is 0. The van der Waals surface area contributed by atoms with Crippen LogP contribution < -0.4 is 5.32 Å². The summed E-state index contributed by atoms with van der Waals surface area (Å²) in [5.41, 5.74) is 2.90. The van der Waals surface area contributed by atoms with Crippen molar-refractivity contribution in [1.82, 2.24) is 5.32 Å². The van der Waals surface area contributed by atoms with E-state index in [1.165, 1.54) is 0 Å². The third kappa shape index (κ3) is 2.65. The zero-order valence-corrected chi connectivity index (χ0v) is 11.4. The molecule has 2 N–H and O–H groups in total. The minimum absolute atomic E-state index is 0.119. The molecule has 0 saturated heterocycles. The molecule has 4 heteroatoms. The fraction of sp³-hybridized carbons (Fsp3) is 0.176. The number of rotatable bonds is 3. The SMILES string of the molecule is O=C(O)c1ccc2c(c1)[C@H](NC(=O)c1ccccc1)CC2. The van der Waals surface area contributed by atoms with Crippen molar-refractivity contribution in [3.05, 3.63) is 70.8 Å². The largest absolute Gasteiger partial charge is 0.478 e. The summed E-state index contributed by atoms with van der Waals surface area (Å²) in [6, 6.07) is 14.0. The molecule has 0 saturated carbocycles. The Balaban J connectivity index is 1.82. The number of fused-ring (bicyclic) bond motifs is 1. The predicted molar refractivity (Wildman–Crippen MR) is 78.4 cm³/mol. The summed E-state index contributed by atoms with van der Waals surface area (Å²) in [4.78, 5) is 23.3. The standard InChI is InChI=1S/C17H15NO3/c19-16(12-4-2-1-3-5-12)18-15-9-8-11-6-7-13(17(20)21)10-14(11)15/h1-7,10,15H,8-9H2,(H,18,19)(H,20,21)/t15-/m1/s1. The van der Waals surface area contributed by atoms with Crippen LogP contribution in [0, 0.1) is 0 Å². The van der Waals surface area contributed by atoms with Gasteiger partial charge in [-0.3, -0.25) is 4.79 Å². The molecule has 3 rings (SSSR count). The van der Waals surface area contributed by atoms with Gasteiger partial charge in [0.05, 0.1) is 11.6 Å². The van der Waals surface area contributed by atoms with Crippen molar-refractivity contribution >= 4 is 11.9 Å². The second kappa shape index (κ2) is 5.40. The minimum Gasteiger partial charge on any atom is -0.478 e. The molecule has 0 fully saturated rings. The third-order valence-corrected chi connectivity index (χ3v) is 3.81. The van der Waals surface area contributed by atoms with E-state index in [0.29, 0.717) is 5.56 Å². The zero-order chi connectivity index (χ0) is 14.8. The van der Waals surface area contributed by atoms with Gasteiger partial charge in [0.1, 0.15) is 0 Å².